The number of anilines is 2. The van der Waals surface area contributed by atoms with Crippen LogP contribution in [0.25, 0.3) is 0 Å². The van der Waals surface area contributed by atoms with Crippen LogP contribution < -0.4 is 10.6 Å². The summed E-state index contributed by atoms with van der Waals surface area (Å²) in [5, 5.41) is 0.692. The van der Waals surface area contributed by atoms with Crippen molar-refractivity contribution in [3.8, 4) is 0 Å². The molecular formula is C16H23N5OS. The van der Waals surface area contributed by atoms with Crippen molar-refractivity contribution in [3.63, 3.8) is 0 Å². The van der Waals surface area contributed by atoms with Crippen molar-refractivity contribution in [1.82, 2.24) is 14.9 Å². The fourth-order valence-electron chi connectivity index (χ4n) is 3.73. The van der Waals surface area contributed by atoms with E-state index >= 15 is 0 Å². The molecule has 1 saturated carbocycles. The van der Waals surface area contributed by atoms with E-state index in [2.05, 4.69) is 19.8 Å². The third-order valence-corrected chi connectivity index (χ3v) is 5.71. The fraction of sp³-hybridized carbons (Fsp3) is 0.688. The molecule has 1 aromatic rings. The topological polar surface area (TPSA) is 75.3 Å². The number of nitrogens with zero attached hydrogens (tertiary/aromatic N) is 4. The van der Waals surface area contributed by atoms with Crippen molar-refractivity contribution in [3.05, 3.63) is 6.07 Å². The number of carbonyl (C=O) groups is 1. The van der Waals surface area contributed by atoms with Gasteiger partial charge >= 0.3 is 0 Å². The highest BCUT2D eigenvalue weighted by Crippen LogP contribution is 2.36. The zero-order valence-corrected chi connectivity index (χ0v) is 14.3. The minimum atomic E-state index is 0.0985. The highest BCUT2D eigenvalue weighted by Gasteiger charge is 2.42. The third-order valence-electron chi connectivity index (χ3n) is 5.16. The summed E-state index contributed by atoms with van der Waals surface area (Å²) in [7, 11) is 0. The Morgan fingerprint density at radius 1 is 1.26 bits per heavy atom. The summed E-state index contributed by atoms with van der Waals surface area (Å²) >= 11 is 1.50. The van der Waals surface area contributed by atoms with Crippen LogP contribution in [0.15, 0.2) is 11.2 Å². The second-order valence-corrected chi connectivity index (χ2v) is 7.68. The van der Waals surface area contributed by atoms with Crippen LogP contribution in [0.4, 0.5) is 11.6 Å². The van der Waals surface area contributed by atoms with Gasteiger partial charge in [0.2, 0.25) is 5.91 Å². The molecule has 2 bridgehead atoms. The highest BCUT2D eigenvalue weighted by molar-refractivity contribution is 7.98. The Balaban J connectivity index is 1.59. The van der Waals surface area contributed by atoms with Crippen LogP contribution in [0, 0.1) is 11.8 Å². The van der Waals surface area contributed by atoms with E-state index in [-0.39, 0.29) is 5.92 Å². The lowest BCUT2D eigenvalue weighted by Crippen LogP contribution is -2.48. The third kappa shape index (κ3) is 2.98. The Morgan fingerprint density at radius 2 is 2.09 bits per heavy atom. The van der Waals surface area contributed by atoms with Gasteiger partial charge in [0.15, 0.2) is 5.16 Å². The summed E-state index contributed by atoms with van der Waals surface area (Å²) in [5.41, 5.74) is 5.93. The van der Waals surface area contributed by atoms with Gasteiger partial charge in [-0.2, -0.15) is 0 Å². The monoisotopic (exact) mass is 333 g/mol. The van der Waals surface area contributed by atoms with Gasteiger partial charge in [0.05, 0.1) is 5.92 Å². The Bertz CT molecular complexity index is 620. The van der Waals surface area contributed by atoms with E-state index in [4.69, 9.17) is 5.73 Å². The van der Waals surface area contributed by atoms with Gasteiger partial charge in [0.1, 0.15) is 11.6 Å². The van der Waals surface area contributed by atoms with Gasteiger partial charge in [-0.05, 0) is 37.9 Å². The molecule has 2 N–H and O–H groups in total. The van der Waals surface area contributed by atoms with Crippen LogP contribution in [0.1, 0.15) is 25.7 Å². The Hall–Kier alpha value is -1.50. The molecule has 23 heavy (non-hydrogen) atoms. The number of piperidine rings is 1. The SMILES string of the molecule is CSc1nc(N)cc(N2C[C@@H]3CC[C@H](C2)N(CC2CC2)C3=O)n1. The van der Waals surface area contributed by atoms with E-state index < -0.39 is 0 Å². The number of aromatic nitrogens is 2. The standard InChI is InChI=1S/C16H23N5OS/c1-23-16-18-13(17)6-14(19-16)20-8-11-4-5-12(9-20)21(15(11)22)7-10-2-3-10/h6,10-12H,2-5,7-9H2,1H3,(H2,17,18,19)/t11-,12+/m0/s1. The molecule has 4 fully saturated rings. The first-order chi connectivity index (χ1) is 11.1. The van der Waals surface area contributed by atoms with Crippen molar-refractivity contribution in [2.45, 2.75) is 36.9 Å². The molecule has 4 heterocycles. The largest absolute Gasteiger partial charge is 0.383 e. The second kappa shape index (κ2) is 5.85. The van der Waals surface area contributed by atoms with E-state index in [0.717, 1.165) is 44.2 Å². The van der Waals surface area contributed by atoms with E-state index in [0.29, 0.717) is 22.9 Å². The number of nitrogens with two attached hydrogens (primary N) is 1. The molecule has 0 spiro atoms. The molecule has 0 radical (unpaired) electrons. The number of amides is 1. The van der Waals surface area contributed by atoms with Gasteiger partial charge in [0, 0.05) is 31.7 Å². The zero-order valence-electron chi connectivity index (χ0n) is 13.4. The normalized spacial score (nSPS) is 27.4. The highest BCUT2D eigenvalue weighted by atomic mass is 32.2. The maximum absolute atomic E-state index is 12.8. The second-order valence-electron chi connectivity index (χ2n) is 6.90. The number of hydrogen-bond donors (Lipinski definition) is 1. The minimum Gasteiger partial charge on any atom is -0.383 e. The smallest absolute Gasteiger partial charge is 0.227 e. The Morgan fingerprint density at radius 3 is 2.83 bits per heavy atom. The molecule has 124 valence electrons. The summed E-state index contributed by atoms with van der Waals surface area (Å²) in [5.74, 6) is 2.55. The van der Waals surface area contributed by atoms with E-state index in [1.54, 1.807) is 0 Å². The first-order valence-corrected chi connectivity index (χ1v) is 9.60. The molecule has 3 saturated heterocycles. The summed E-state index contributed by atoms with van der Waals surface area (Å²) in [6.07, 6.45) is 6.62. The number of thioether (sulfide) groups is 1. The number of rotatable bonds is 4. The quantitative estimate of drug-likeness (QED) is 0.666. The number of nitrogen functional groups attached to an aromatic ring is 1. The summed E-state index contributed by atoms with van der Waals surface area (Å²) < 4.78 is 0. The van der Waals surface area contributed by atoms with Gasteiger partial charge in [-0.25, -0.2) is 9.97 Å². The lowest BCUT2D eigenvalue weighted by Gasteiger charge is -2.36. The van der Waals surface area contributed by atoms with Crippen molar-refractivity contribution in [2.75, 3.05) is 36.5 Å². The molecular weight excluding hydrogens is 310 g/mol. The lowest BCUT2D eigenvalue weighted by atomic mass is 9.94. The Kier molecular flexibility index (Phi) is 3.83. The van der Waals surface area contributed by atoms with E-state index in [1.165, 1.54) is 24.6 Å². The van der Waals surface area contributed by atoms with Crippen LogP contribution in [-0.4, -0.2) is 52.7 Å². The molecule has 0 aromatic carbocycles. The molecule has 0 unspecified atom stereocenters. The van der Waals surface area contributed by atoms with Crippen molar-refractivity contribution >= 4 is 29.3 Å². The van der Waals surface area contributed by atoms with Crippen molar-refractivity contribution < 1.29 is 4.79 Å². The molecule has 4 aliphatic rings. The predicted octanol–water partition coefficient (Wildman–Crippen LogP) is 1.62. The molecule has 1 aromatic heterocycles. The molecule has 7 heteroatoms. The maximum Gasteiger partial charge on any atom is 0.227 e. The van der Waals surface area contributed by atoms with Gasteiger partial charge < -0.3 is 15.5 Å². The van der Waals surface area contributed by atoms with Gasteiger partial charge in [-0.3, -0.25) is 4.79 Å². The Labute approximate surface area is 140 Å². The molecule has 5 rings (SSSR count). The van der Waals surface area contributed by atoms with Gasteiger partial charge in [-0.1, -0.05) is 11.8 Å². The minimum absolute atomic E-state index is 0.0985. The zero-order chi connectivity index (χ0) is 16.0. The lowest BCUT2D eigenvalue weighted by molar-refractivity contribution is -0.140. The predicted molar refractivity (Wildman–Crippen MR) is 91.4 cm³/mol. The van der Waals surface area contributed by atoms with E-state index in [1.807, 2.05) is 12.3 Å². The van der Waals surface area contributed by atoms with Crippen molar-refractivity contribution in [1.29, 1.82) is 0 Å². The number of hydrogen-bond acceptors (Lipinski definition) is 6. The van der Waals surface area contributed by atoms with Crippen molar-refractivity contribution in [2.24, 2.45) is 11.8 Å². The first-order valence-electron chi connectivity index (χ1n) is 8.38. The average Bonchev–Trinajstić information content (AvgIpc) is 3.37. The van der Waals surface area contributed by atoms with Crippen LogP contribution in [-0.2, 0) is 4.79 Å². The number of fused-ring (bicyclic) bond motifs is 4. The molecule has 1 amide bonds. The van der Waals surface area contributed by atoms with Gasteiger partial charge in [0.25, 0.3) is 0 Å². The van der Waals surface area contributed by atoms with Gasteiger partial charge in [-0.15, -0.1) is 0 Å². The molecule has 6 nitrogen and oxygen atoms in total. The number of carbonyl (C=O) groups excluding carboxylic acids is 1. The molecule has 1 aliphatic carbocycles. The van der Waals surface area contributed by atoms with Crippen LogP contribution in [0.5, 0.6) is 0 Å². The first kappa shape index (κ1) is 15.1. The molecule has 3 aliphatic heterocycles. The summed E-state index contributed by atoms with van der Waals surface area (Å²) in [6.45, 7) is 2.57. The van der Waals surface area contributed by atoms with E-state index in [9.17, 15) is 4.79 Å². The summed E-state index contributed by atoms with van der Waals surface area (Å²) in [4.78, 5) is 26.0. The maximum atomic E-state index is 12.8. The summed E-state index contributed by atoms with van der Waals surface area (Å²) in [6, 6.07) is 2.15. The molecule has 2 atom stereocenters. The fourth-order valence-corrected chi connectivity index (χ4v) is 4.11. The average molecular weight is 333 g/mol. The van der Waals surface area contributed by atoms with Crippen LogP contribution >= 0.6 is 11.8 Å². The van der Waals surface area contributed by atoms with Crippen LogP contribution in [0.2, 0.25) is 0 Å². The van der Waals surface area contributed by atoms with Crippen LogP contribution in [0.3, 0.4) is 0 Å².